The maximum Gasteiger partial charge on any atom is 0.120 e. The van der Waals surface area contributed by atoms with Gasteiger partial charge in [0.05, 0.1) is 6.61 Å². The van der Waals surface area contributed by atoms with Crippen molar-refractivity contribution in [2.75, 3.05) is 11.9 Å². The highest BCUT2D eigenvalue weighted by Crippen LogP contribution is 2.19. The molecule has 0 saturated heterocycles. The van der Waals surface area contributed by atoms with Crippen LogP contribution in [-0.4, -0.2) is 11.9 Å². The first-order valence-electron chi connectivity index (χ1n) is 5.07. The summed E-state index contributed by atoms with van der Waals surface area (Å²) in [6.07, 6.45) is 0. The molecule has 0 heterocycles. The average molecular weight is 383 g/mol. The Bertz CT molecular complexity index is 301. The number of halogens is 2. The molecule has 1 nitrogen and oxygen atoms in total. The molecule has 0 amide bonds. The van der Waals surface area contributed by atoms with Crippen LogP contribution in [0.3, 0.4) is 0 Å². The van der Waals surface area contributed by atoms with Gasteiger partial charge in [-0.15, -0.1) is 0 Å². The van der Waals surface area contributed by atoms with Crippen LogP contribution in [0.1, 0.15) is 13.8 Å². The van der Waals surface area contributed by atoms with Crippen molar-refractivity contribution < 1.29 is 4.74 Å². The minimum Gasteiger partial charge on any atom is -0.493 e. The summed E-state index contributed by atoms with van der Waals surface area (Å²) in [7, 11) is 0. The number of hydrogen-bond acceptors (Lipinski definition) is 1. The van der Waals surface area contributed by atoms with Crippen molar-refractivity contribution in [2.24, 2.45) is 11.8 Å². The topological polar surface area (TPSA) is 9.23 Å². The first-order chi connectivity index (χ1) is 7.13. The molecule has 84 valence electrons. The van der Waals surface area contributed by atoms with Gasteiger partial charge >= 0.3 is 0 Å². The summed E-state index contributed by atoms with van der Waals surface area (Å²) in [5.74, 6) is 2.18. The molecule has 1 aromatic rings. The van der Waals surface area contributed by atoms with E-state index < -0.39 is 0 Å². The molecular formula is C12H16BrIO. The Morgan fingerprint density at radius 2 is 2.13 bits per heavy atom. The average Bonchev–Trinajstić information content (AvgIpc) is 2.18. The quantitative estimate of drug-likeness (QED) is 0.543. The first kappa shape index (κ1) is 13.3. The molecule has 1 rings (SSSR count). The molecule has 0 aliphatic carbocycles. The zero-order valence-corrected chi connectivity index (χ0v) is 12.8. The number of rotatable bonds is 5. The summed E-state index contributed by atoms with van der Waals surface area (Å²) in [5, 5.41) is 0.995. The zero-order chi connectivity index (χ0) is 11.3. The van der Waals surface area contributed by atoms with Gasteiger partial charge in [-0.1, -0.05) is 35.8 Å². The molecule has 0 fully saturated rings. The van der Waals surface area contributed by atoms with Crippen LogP contribution < -0.4 is 4.74 Å². The van der Waals surface area contributed by atoms with E-state index in [0.29, 0.717) is 11.8 Å². The van der Waals surface area contributed by atoms with Crippen LogP contribution in [-0.2, 0) is 0 Å². The molecule has 0 spiro atoms. The molecule has 0 aliphatic heterocycles. The standard InChI is InChI=1S/C12H16BrIO/c1-9(2)10(7-13)8-15-12-5-3-4-11(14)6-12/h3-6,9-10H,7-8H2,1-2H3. The molecule has 0 N–H and O–H groups in total. The predicted molar refractivity (Wildman–Crippen MR) is 76.8 cm³/mol. The molecule has 1 aromatic carbocycles. The van der Waals surface area contributed by atoms with Crippen LogP contribution in [0, 0.1) is 15.4 Å². The lowest BCUT2D eigenvalue weighted by Crippen LogP contribution is -2.19. The smallest absolute Gasteiger partial charge is 0.120 e. The normalized spacial score (nSPS) is 12.9. The minimum absolute atomic E-state index is 0.572. The van der Waals surface area contributed by atoms with Crippen molar-refractivity contribution in [2.45, 2.75) is 13.8 Å². The van der Waals surface area contributed by atoms with Crippen molar-refractivity contribution in [1.82, 2.24) is 0 Å². The van der Waals surface area contributed by atoms with Gasteiger partial charge in [-0.05, 0) is 46.7 Å². The van der Waals surface area contributed by atoms with Gasteiger partial charge in [0, 0.05) is 14.8 Å². The highest BCUT2D eigenvalue weighted by molar-refractivity contribution is 14.1. The summed E-state index contributed by atoms with van der Waals surface area (Å²) in [6, 6.07) is 8.16. The monoisotopic (exact) mass is 382 g/mol. The molecule has 1 atom stereocenters. The third-order valence-corrected chi connectivity index (χ3v) is 3.90. The van der Waals surface area contributed by atoms with Gasteiger partial charge in [0.2, 0.25) is 0 Å². The molecule has 0 saturated carbocycles. The van der Waals surface area contributed by atoms with Gasteiger partial charge in [0.25, 0.3) is 0 Å². The second kappa shape index (κ2) is 6.74. The van der Waals surface area contributed by atoms with Gasteiger partial charge in [0.15, 0.2) is 0 Å². The van der Waals surface area contributed by atoms with Gasteiger partial charge < -0.3 is 4.74 Å². The van der Waals surface area contributed by atoms with E-state index in [4.69, 9.17) is 4.74 Å². The van der Waals surface area contributed by atoms with E-state index in [9.17, 15) is 0 Å². The summed E-state index contributed by atoms with van der Waals surface area (Å²) < 4.78 is 6.98. The van der Waals surface area contributed by atoms with Crippen LogP contribution >= 0.6 is 38.5 Å². The molecule has 15 heavy (non-hydrogen) atoms. The van der Waals surface area contributed by atoms with Crippen LogP contribution in [0.25, 0.3) is 0 Å². The van der Waals surface area contributed by atoms with Gasteiger partial charge in [-0.3, -0.25) is 0 Å². The number of benzene rings is 1. The Hall–Kier alpha value is 0.230. The fourth-order valence-corrected chi connectivity index (χ4v) is 2.62. The Labute approximate surface area is 114 Å². The predicted octanol–water partition coefficient (Wildman–Crippen LogP) is 4.34. The third kappa shape index (κ3) is 4.72. The molecule has 1 unspecified atom stereocenters. The highest BCUT2D eigenvalue weighted by Gasteiger charge is 2.12. The summed E-state index contributed by atoms with van der Waals surface area (Å²) in [6.45, 7) is 5.23. The Kier molecular flexibility index (Phi) is 5.97. The van der Waals surface area contributed by atoms with Crippen molar-refractivity contribution in [3.8, 4) is 5.75 Å². The van der Waals surface area contributed by atoms with E-state index in [1.165, 1.54) is 3.57 Å². The van der Waals surface area contributed by atoms with Crippen molar-refractivity contribution in [1.29, 1.82) is 0 Å². The van der Waals surface area contributed by atoms with E-state index in [1.54, 1.807) is 0 Å². The molecular weight excluding hydrogens is 367 g/mol. The van der Waals surface area contributed by atoms with E-state index >= 15 is 0 Å². The van der Waals surface area contributed by atoms with Crippen LogP contribution in [0.15, 0.2) is 24.3 Å². The number of ether oxygens (including phenoxy) is 1. The van der Waals surface area contributed by atoms with Gasteiger partial charge in [-0.2, -0.15) is 0 Å². The largest absolute Gasteiger partial charge is 0.493 e. The number of hydrogen-bond donors (Lipinski definition) is 0. The van der Waals surface area contributed by atoms with Crippen LogP contribution in [0.4, 0.5) is 0 Å². The lowest BCUT2D eigenvalue weighted by molar-refractivity contribution is 0.227. The van der Waals surface area contributed by atoms with Crippen LogP contribution in [0.2, 0.25) is 0 Å². The van der Waals surface area contributed by atoms with Crippen LogP contribution in [0.5, 0.6) is 5.75 Å². The maximum atomic E-state index is 5.77. The van der Waals surface area contributed by atoms with E-state index in [0.717, 1.165) is 17.7 Å². The molecule has 3 heteroatoms. The molecule has 0 aliphatic rings. The highest BCUT2D eigenvalue weighted by atomic mass is 127. The number of alkyl halides is 1. The third-order valence-electron chi connectivity index (χ3n) is 2.40. The maximum absolute atomic E-state index is 5.77. The Morgan fingerprint density at radius 3 is 2.67 bits per heavy atom. The van der Waals surface area contributed by atoms with E-state index in [-0.39, 0.29) is 0 Å². The van der Waals surface area contributed by atoms with Gasteiger partial charge in [0.1, 0.15) is 5.75 Å². The van der Waals surface area contributed by atoms with Crippen molar-refractivity contribution in [3.63, 3.8) is 0 Å². The lowest BCUT2D eigenvalue weighted by Gasteiger charge is -2.18. The van der Waals surface area contributed by atoms with Crippen molar-refractivity contribution in [3.05, 3.63) is 27.8 Å². The SMILES string of the molecule is CC(C)C(CBr)COc1cccc(I)c1. The summed E-state index contributed by atoms with van der Waals surface area (Å²) in [4.78, 5) is 0. The molecule has 0 aromatic heterocycles. The summed E-state index contributed by atoms with van der Waals surface area (Å²) in [5.41, 5.74) is 0. The fourth-order valence-electron chi connectivity index (χ4n) is 1.18. The molecule has 0 radical (unpaired) electrons. The lowest BCUT2D eigenvalue weighted by atomic mass is 9.99. The van der Waals surface area contributed by atoms with Crippen molar-refractivity contribution >= 4 is 38.5 Å². The Balaban J connectivity index is 2.49. The zero-order valence-electron chi connectivity index (χ0n) is 9.04. The second-order valence-electron chi connectivity index (χ2n) is 3.93. The molecule has 0 bridgehead atoms. The van der Waals surface area contributed by atoms with E-state index in [2.05, 4.69) is 64.5 Å². The fraction of sp³-hybridized carbons (Fsp3) is 0.500. The van der Waals surface area contributed by atoms with E-state index in [1.807, 2.05) is 12.1 Å². The Morgan fingerprint density at radius 1 is 1.40 bits per heavy atom. The first-order valence-corrected chi connectivity index (χ1v) is 7.28. The minimum atomic E-state index is 0.572. The second-order valence-corrected chi connectivity index (χ2v) is 5.82. The van der Waals surface area contributed by atoms with Gasteiger partial charge in [-0.25, -0.2) is 0 Å². The summed E-state index contributed by atoms with van der Waals surface area (Å²) >= 11 is 5.82.